The van der Waals surface area contributed by atoms with Gasteiger partial charge in [-0.25, -0.2) is 15.3 Å². The number of ether oxygens (including phenoxy) is 1. The van der Waals surface area contributed by atoms with E-state index in [1.54, 1.807) is 18.6 Å². The predicted octanol–water partition coefficient (Wildman–Crippen LogP) is 1.27. The van der Waals surface area contributed by atoms with Crippen molar-refractivity contribution < 1.29 is 14.4 Å². The zero-order chi connectivity index (χ0) is 15.2. The SMILES string of the molecule is O=C(NO[C@H]1CCCCO1)[C@H]1CCCN(c2cnccn2)C1. The average molecular weight is 306 g/mol. The first-order valence-electron chi connectivity index (χ1n) is 7.91. The molecule has 3 heterocycles. The lowest BCUT2D eigenvalue weighted by atomic mass is 9.97. The van der Waals surface area contributed by atoms with E-state index in [0.717, 1.165) is 44.5 Å². The third-order valence-electron chi connectivity index (χ3n) is 4.09. The van der Waals surface area contributed by atoms with Crippen molar-refractivity contribution in [3.05, 3.63) is 18.6 Å². The van der Waals surface area contributed by atoms with E-state index in [1.807, 2.05) is 0 Å². The lowest BCUT2D eigenvalue weighted by Gasteiger charge is -2.32. The molecule has 2 atom stereocenters. The monoisotopic (exact) mass is 306 g/mol. The Labute approximate surface area is 130 Å². The first kappa shape index (κ1) is 15.2. The molecular formula is C15H22N4O3. The zero-order valence-corrected chi connectivity index (χ0v) is 12.6. The number of piperidine rings is 1. The van der Waals surface area contributed by atoms with Crippen molar-refractivity contribution in [1.82, 2.24) is 15.4 Å². The number of hydrogen-bond acceptors (Lipinski definition) is 6. The van der Waals surface area contributed by atoms with Crippen LogP contribution >= 0.6 is 0 Å². The van der Waals surface area contributed by atoms with Crippen molar-refractivity contribution in [3.8, 4) is 0 Å². The van der Waals surface area contributed by atoms with Gasteiger partial charge in [-0.15, -0.1) is 0 Å². The summed E-state index contributed by atoms with van der Waals surface area (Å²) in [7, 11) is 0. The number of hydrogen-bond donors (Lipinski definition) is 1. The molecule has 3 rings (SSSR count). The molecule has 1 N–H and O–H groups in total. The van der Waals surface area contributed by atoms with Gasteiger partial charge >= 0.3 is 0 Å². The Bertz CT molecular complexity index is 479. The lowest BCUT2D eigenvalue weighted by Crippen LogP contribution is -2.44. The fraction of sp³-hybridized carbons (Fsp3) is 0.667. The smallest absolute Gasteiger partial charge is 0.248 e. The maximum atomic E-state index is 12.3. The van der Waals surface area contributed by atoms with Crippen molar-refractivity contribution in [1.29, 1.82) is 0 Å². The number of hydroxylamine groups is 1. The summed E-state index contributed by atoms with van der Waals surface area (Å²) in [6.07, 6.45) is 9.51. The number of rotatable bonds is 4. The van der Waals surface area contributed by atoms with Crippen LogP contribution in [0.4, 0.5) is 5.82 Å². The molecule has 1 amide bonds. The standard InChI is InChI=1S/C15H22N4O3/c20-15(18-22-14-5-1-2-9-21-14)12-4-3-8-19(11-12)13-10-16-6-7-17-13/h6-7,10,12,14H,1-5,8-9,11H2,(H,18,20)/t12-,14-/m0/s1. The van der Waals surface area contributed by atoms with E-state index < -0.39 is 0 Å². The Morgan fingerprint density at radius 3 is 3.05 bits per heavy atom. The minimum atomic E-state index is -0.308. The van der Waals surface area contributed by atoms with Crippen LogP contribution in [0.25, 0.3) is 0 Å². The van der Waals surface area contributed by atoms with Crippen LogP contribution < -0.4 is 10.4 Å². The van der Waals surface area contributed by atoms with Crippen molar-refractivity contribution in [2.24, 2.45) is 5.92 Å². The molecule has 7 heteroatoms. The quantitative estimate of drug-likeness (QED) is 0.844. The van der Waals surface area contributed by atoms with Gasteiger partial charge in [-0.2, -0.15) is 0 Å². The van der Waals surface area contributed by atoms with Crippen molar-refractivity contribution in [2.75, 3.05) is 24.6 Å². The second-order valence-corrected chi connectivity index (χ2v) is 5.73. The van der Waals surface area contributed by atoms with Crippen LogP contribution in [0.2, 0.25) is 0 Å². The summed E-state index contributed by atoms with van der Waals surface area (Å²) < 4.78 is 5.44. The van der Waals surface area contributed by atoms with E-state index in [9.17, 15) is 4.79 Å². The van der Waals surface area contributed by atoms with Gasteiger partial charge in [-0.1, -0.05) is 0 Å². The highest BCUT2D eigenvalue weighted by atomic mass is 16.8. The van der Waals surface area contributed by atoms with Gasteiger partial charge in [0.05, 0.1) is 12.1 Å². The molecule has 0 saturated carbocycles. The average Bonchev–Trinajstić information content (AvgIpc) is 2.61. The molecular weight excluding hydrogens is 284 g/mol. The van der Waals surface area contributed by atoms with Gasteiger partial charge in [0.2, 0.25) is 5.91 Å². The molecule has 1 aromatic rings. The third kappa shape index (κ3) is 3.92. The first-order chi connectivity index (χ1) is 10.8. The molecule has 0 spiro atoms. The van der Waals surface area contributed by atoms with E-state index in [0.29, 0.717) is 13.2 Å². The van der Waals surface area contributed by atoms with Gasteiger partial charge in [0.1, 0.15) is 5.82 Å². The largest absolute Gasteiger partial charge is 0.355 e. The van der Waals surface area contributed by atoms with E-state index in [1.165, 1.54) is 0 Å². The molecule has 2 aliphatic rings. The summed E-state index contributed by atoms with van der Waals surface area (Å²) in [5.74, 6) is 0.638. The van der Waals surface area contributed by atoms with Crippen molar-refractivity contribution >= 4 is 11.7 Å². The molecule has 0 radical (unpaired) electrons. The Balaban J connectivity index is 1.49. The predicted molar refractivity (Wildman–Crippen MR) is 79.8 cm³/mol. The molecule has 2 fully saturated rings. The molecule has 1 aromatic heterocycles. The number of nitrogens with zero attached hydrogens (tertiary/aromatic N) is 3. The van der Waals surface area contributed by atoms with Gasteiger partial charge in [0.25, 0.3) is 0 Å². The number of nitrogens with one attached hydrogen (secondary N) is 1. The summed E-state index contributed by atoms with van der Waals surface area (Å²) in [5.41, 5.74) is 2.57. The molecule has 2 saturated heterocycles. The van der Waals surface area contributed by atoms with Crippen LogP contribution in [0.1, 0.15) is 32.1 Å². The second-order valence-electron chi connectivity index (χ2n) is 5.73. The summed E-state index contributed by atoms with van der Waals surface area (Å²) in [6, 6.07) is 0. The Hall–Kier alpha value is -1.73. The van der Waals surface area contributed by atoms with Gasteiger partial charge in [-0.05, 0) is 25.7 Å². The Morgan fingerprint density at radius 1 is 1.32 bits per heavy atom. The molecule has 120 valence electrons. The normalized spacial score (nSPS) is 25.7. The first-order valence-corrected chi connectivity index (χ1v) is 7.91. The van der Waals surface area contributed by atoms with Crippen LogP contribution in [0.5, 0.6) is 0 Å². The van der Waals surface area contributed by atoms with E-state index in [4.69, 9.17) is 9.57 Å². The highest BCUT2D eigenvalue weighted by Crippen LogP contribution is 2.21. The third-order valence-corrected chi connectivity index (χ3v) is 4.09. The molecule has 0 aliphatic carbocycles. The number of aromatic nitrogens is 2. The maximum absolute atomic E-state index is 12.3. The minimum absolute atomic E-state index is 0.0808. The van der Waals surface area contributed by atoms with Crippen molar-refractivity contribution in [2.45, 2.75) is 38.4 Å². The topological polar surface area (TPSA) is 76.6 Å². The summed E-state index contributed by atoms with van der Waals surface area (Å²) in [4.78, 5) is 28.1. The number of carbonyl (C=O) groups is 1. The molecule has 7 nitrogen and oxygen atoms in total. The van der Waals surface area contributed by atoms with Crippen LogP contribution in [-0.2, 0) is 14.4 Å². The Morgan fingerprint density at radius 2 is 2.27 bits per heavy atom. The van der Waals surface area contributed by atoms with Crippen LogP contribution in [0.3, 0.4) is 0 Å². The van der Waals surface area contributed by atoms with Crippen molar-refractivity contribution in [3.63, 3.8) is 0 Å². The van der Waals surface area contributed by atoms with E-state index >= 15 is 0 Å². The van der Waals surface area contributed by atoms with E-state index in [2.05, 4.69) is 20.3 Å². The van der Waals surface area contributed by atoms with Crippen LogP contribution in [0.15, 0.2) is 18.6 Å². The van der Waals surface area contributed by atoms with Gasteiger partial charge in [0, 0.05) is 38.5 Å². The van der Waals surface area contributed by atoms with Crippen LogP contribution in [-0.4, -0.2) is 41.9 Å². The minimum Gasteiger partial charge on any atom is -0.355 e. The summed E-state index contributed by atoms with van der Waals surface area (Å²) in [6.45, 7) is 2.24. The molecule has 0 aromatic carbocycles. The van der Waals surface area contributed by atoms with Gasteiger partial charge < -0.3 is 9.64 Å². The fourth-order valence-electron chi connectivity index (χ4n) is 2.87. The lowest BCUT2D eigenvalue weighted by molar-refractivity contribution is -0.202. The number of anilines is 1. The molecule has 22 heavy (non-hydrogen) atoms. The molecule has 0 bridgehead atoms. The summed E-state index contributed by atoms with van der Waals surface area (Å²) in [5, 5.41) is 0. The van der Waals surface area contributed by atoms with E-state index in [-0.39, 0.29) is 18.1 Å². The fourth-order valence-corrected chi connectivity index (χ4v) is 2.87. The maximum Gasteiger partial charge on any atom is 0.248 e. The number of carbonyl (C=O) groups excluding carboxylic acids is 1. The zero-order valence-electron chi connectivity index (χ0n) is 12.6. The highest BCUT2D eigenvalue weighted by Gasteiger charge is 2.27. The second kappa shape index (κ2) is 7.51. The van der Waals surface area contributed by atoms with Gasteiger partial charge in [0.15, 0.2) is 6.29 Å². The molecule has 2 aliphatic heterocycles. The highest BCUT2D eigenvalue weighted by molar-refractivity contribution is 5.78. The van der Waals surface area contributed by atoms with Crippen LogP contribution in [0, 0.1) is 5.92 Å². The number of amides is 1. The molecule has 0 unspecified atom stereocenters. The van der Waals surface area contributed by atoms with Gasteiger partial charge in [-0.3, -0.25) is 9.78 Å². The summed E-state index contributed by atoms with van der Waals surface area (Å²) >= 11 is 0. The Kier molecular flexibility index (Phi) is 5.18.